The van der Waals surface area contributed by atoms with Gasteiger partial charge in [0.15, 0.2) is 0 Å². The Labute approximate surface area is 153 Å². The topological polar surface area (TPSA) is 102 Å². The highest BCUT2D eigenvalue weighted by molar-refractivity contribution is 7.86. The van der Waals surface area contributed by atoms with Crippen LogP contribution >= 0.6 is 0 Å². The molecule has 0 amide bonds. The number of benzene rings is 1. The zero-order chi connectivity index (χ0) is 18.9. The summed E-state index contributed by atoms with van der Waals surface area (Å²) in [7, 11) is 1.12. The molecule has 26 heavy (non-hydrogen) atoms. The van der Waals surface area contributed by atoms with Gasteiger partial charge in [-0.1, -0.05) is 12.1 Å². The molecule has 0 radical (unpaired) electrons. The number of nitrogens with zero attached hydrogens (tertiary/aromatic N) is 4. The van der Waals surface area contributed by atoms with E-state index in [1.165, 1.54) is 22.7 Å². The molecule has 2 aromatic rings. The Bertz CT molecular complexity index is 884. The Kier molecular flexibility index (Phi) is 5.12. The Balaban J connectivity index is 2.08. The van der Waals surface area contributed by atoms with Crippen LogP contribution in [0.3, 0.4) is 0 Å². The normalized spacial score (nSPS) is 18.4. The molecule has 140 valence electrons. The molecule has 1 aromatic carbocycles. The standard InChI is InChI=1S/C17H23N5O3S/c1-21(2)26(23,24)22-10-4-5-15(22)16-14(11-19-17(18)20-16)12-6-8-13(25-3)9-7-12/h6-9,11,15H,4-5,10H2,1-3H3,(H2,18,19,20). The van der Waals surface area contributed by atoms with Gasteiger partial charge in [0, 0.05) is 32.4 Å². The Morgan fingerprint density at radius 2 is 1.96 bits per heavy atom. The van der Waals surface area contributed by atoms with Crippen molar-refractivity contribution < 1.29 is 13.2 Å². The van der Waals surface area contributed by atoms with E-state index in [1.54, 1.807) is 13.3 Å². The predicted molar refractivity (Wildman–Crippen MR) is 99.7 cm³/mol. The summed E-state index contributed by atoms with van der Waals surface area (Å²) in [6.07, 6.45) is 3.11. The van der Waals surface area contributed by atoms with Gasteiger partial charge in [0.1, 0.15) is 5.75 Å². The minimum Gasteiger partial charge on any atom is -0.497 e. The van der Waals surface area contributed by atoms with Crippen LogP contribution in [0.5, 0.6) is 5.75 Å². The van der Waals surface area contributed by atoms with Gasteiger partial charge in [-0.3, -0.25) is 0 Å². The lowest BCUT2D eigenvalue weighted by atomic mass is 10.0. The number of ether oxygens (including phenoxy) is 1. The third kappa shape index (κ3) is 3.37. The number of nitrogens with two attached hydrogens (primary N) is 1. The molecule has 0 saturated carbocycles. The minimum absolute atomic E-state index is 0.131. The number of aromatic nitrogens is 2. The van der Waals surface area contributed by atoms with Crippen LogP contribution in [0.25, 0.3) is 11.1 Å². The molecule has 1 saturated heterocycles. The first-order chi connectivity index (χ1) is 12.3. The van der Waals surface area contributed by atoms with Crippen LogP contribution in [0, 0.1) is 0 Å². The highest BCUT2D eigenvalue weighted by Gasteiger charge is 2.38. The summed E-state index contributed by atoms with van der Waals surface area (Å²) in [6.45, 7) is 0.455. The summed E-state index contributed by atoms with van der Waals surface area (Å²) >= 11 is 0. The smallest absolute Gasteiger partial charge is 0.282 e. The zero-order valence-corrected chi connectivity index (χ0v) is 15.9. The van der Waals surface area contributed by atoms with E-state index < -0.39 is 10.2 Å². The van der Waals surface area contributed by atoms with E-state index in [-0.39, 0.29) is 12.0 Å². The maximum Gasteiger partial charge on any atom is 0.282 e. The van der Waals surface area contributed by atoms with Gasteiger partial charge in [-0.2, -0.15) is 17.0 Å². The van der Waals surface area contributed by atoms with Crippen LogP contribution in [-0.4, -0.2) is 54.7 Å². The average molecular weight is 377 g/mol. The molecule has 1 atom stereocenters. The van der Waals surface area contributed by atoms with Gasteiger partial charge < -0.3 is 10.5 Å². The van der Waals surface area contributed by atoms with Crippen LogP contribution in [-0.2, 0) is 10.2 Å². The average Bonchev–Trinajstić information content (AvgIpc) is 3.12. The third-order valence-electron chi connectivity index (χ3n) is 4.52. The summed E-state index contributed by atoms with van der Waals surface area (Å²) in [5.74, 6) is 0.871. The van der Waals surface area contributed by atoms with Crippen molar-refractivity contribution in [2.24, 2.45) is 0 Å². The molecular weight excluding hydrogens is 354 g/mol. The first-order valence-electron chi connectivity index (χ1n) is 8.30. The first-order valence-corrected chi connectivity index (χ1v) is 9.70. The van der Waals surface area contributed by atoms with Crippen LogP contribution in [0.4, 0.5) is 5.95 Å². The second-order valence-electron chi connectivity index (χ2n) is 6.31. The van der Waals surface area contributed by atoms with Crippen molar-refractivity contribution in [3.8, 4) is 16.9 Å². The number of anilines is 1. The van der Waals surface area contributed by atoms with Crippen molar-refractivity contribution in [2.45, 2.75) is 18.9 Å². The molecule has 9 heteroatoms. The second-order valence-corrected chi connectivity index (χ2v) is 8.41. The van der Waals surface area contributed by atoms with Gasteiger partial charge in [0.05, 0.1) is 18.8 Å². The van der Waals surface area contributed by atoms with Crippen LogP contribution < -0.4 is 10.5 Å². The van der Waals surface area contributed by atoms with Gasteiger partial charge in [-0.05, 0) is 30.5 Å². The maximum absolute atomic E-state index is 12.7. The molecular formula is C17H23N5O3S. The van der Waals surface area contributed by atoms with Crippen LogP contribution in [0.2, 0.25) is 0 Å². The fourth-order valence-electron chi connectivity index (χ4n) is 3.16. The monoisotopic (exact) mass is 377 g/mol. The highest BCUT2D eigenvalue weighted by atomic mass is 32.2. The maximum atomic E-state index is 12.7. The molecule has 0 aliphatic carbocycles. The molecule has 2 heterocycles. The molecule has 2 N–H and O–H groups in total. The van der Waals surface area contributed by atoms with Crippen molar-refractivity contribution in [3.05, 3.63) is 36.2 Å². The summed E-state index contributed by atoms with van der Waals surface area (Å²) in [6, 6.07) is 7.12. The quantitative estimate of drug-likeness (QED) is 0.851. The van der Waals surface area contributed by atoms with Gasteiger partial charge >= 0.3 is 0 Å². The Morgan fingerprint density at radius 1 is 1.27 bits per heavy atom. The van der Waals surface area contributed by atoms with Crippen molar-refractivity contribution >= 4 is 16.2 Å². The summed E-state index contributed by atoms with van der Waals surface area (Å²) in [5.41, 5.74) is 8.10. The van der Waals surface area contributed by atoms with Gasteiger partial charge in [0.25, 0.3) is 10.2 Å². The lowest BCUT2D eigenvalue weighted by molar-refractivity contribution is 0.358. The van der Waals surface area contributed by atoms with Crippen molar-refractivity contribution in [2.75, 3.05) is 33.5 Å². The summed E-state index contributed by atoms with van der Waals surface area (Å²) < 4.78 is 33.3. The largest absolute Gasteiger partial charge is 0.497 e. The van der Waals surface area contributed by atoms with E-state index >= 15 is 0 Å². The fourth-order valence-corrected chi connectivity index (χ4v) is 4.46. The van der Waals surface area contributed by atoms with Crippen LogP contribution in [0.15, 0.2) is 30.5 Å². The minimum atomic E-state index is -3.55. The molecule has 8 nitrogen and oxygen atoms in total. The molecule has 0 spiro atoms. The number of hydrogen-bond acceptors (Lipinski definition) is 6. The Morgan fingerprint density at radius 3 is 2.58 bits per heavy atom. The van der Waals surface area contributed by atoms with E-state index in [4.69, 9.17) is 10.5 Å². The van der Waals surface area contributed by atoms with E-state index in [9.17, 15) is 8.42 Å². The third-order valence-corrected chi connectivity index (χ3v) is 6.47. The Hall–Kier alpha value is -2.23. The van der Waals surface area contributed by atoms with E-state index in [0.717, 1.165) is 23.3 Å². The second kappa shape index (κ2) is 7.18. The molecule has 1 aliphatic heterocycles. The van der Waals surface area contributed by atoms with E-state index in [0.29, 0.717) is 18.7 Å². The van der Waals surface area contributed by atoms with Gasteiger partial charge in [-0.15, -0.1) is 0 Å². The molecule has 1 unspecified atom stereocenters. The summed E-state index contributed by atoms with van der Waals surface area (Å²) in [4.78, 5) is 8.52. The summed E-state index contributed by atoms with van der Waals surface area (Å²) in [5, 5.41) is 0. The highest BCUT2D eigenvalue weighted by Crippen LogP contribution is 2.38. The molecule has 1 aromatic heterocycles. The number of nitrogen functional groups attached to an aromatic ring is 1. The van der Waals surface area contributed by atoms with Gasteiger partial charge in [0.2, 0.25) is 5.95 Å². The molecule has 1 aliphatic rings. The predicted octanol–water partition coefficient (Wildman–Crippen LogP) is 1.68. The fraction of sp³-hybridized carbons (Fsp3) is 0.412. The van der Waals surface area contributed by atoms with Crippen molar-refractivity contribution in [1.29, 1.82) is 0 Å². The molecule has 0 bridgehead atoms. The lowest BCUT2D eigenvalue weighted by Gasteiger charge is -2.27. The molecule has 3 rings (SSSR count). The van der Waals surface area contributed by atoms with Crippen molar-refractivity contribution in [1.82, 2.24) is 18.6 Å². The first kappa shape index (κ1) is 18.6. The van der Waals surface area contributed by atoms with E-state index in [1.807, 2.05) is 24.3 Å². The number of rotatable bonds is 5. The van der Waals surface area contributed by atoms with E-state index in [2.05, 4.69) is 9.97 Å². The molecule has 1 fully saturated rings. The number of hydrogen-bond donors (Lipinski definition) is 1. The van der Waals surface area contributed by atoms with Crippen molar-refractivity contribution in [3.63, 3.8) is 0 Å². The van der Waals surface area contributed by atoms with Gasteiger partial charge in [-0.25, -0.2) is 9.97 Å². The van der Waals surface area contributed by atoms with Crippen LogP contribution in [0.1, 0.15) is 24.6 Å². The SMILES string of the molecule is COc1ccc(-c2cnc(N)nc2C2CCCN2S(=O)(=O)N(C)C)cc1. The number of methoxy groups -OCH3 is 1. The zero-order valence-electron chi connectivity index (χ0n) is 15.1. The lowest BCUT2D eigenvalue weighted by Crippen LogP contribution is -2.39.